The number of ether oxygens (including phenoxy) is 1. The number of carbonyl (C=O) groups is 1. The molecule has 1 aromatic carbocycles. The number of benzene rings is 1. The van der Waals surface area contributed by atoms with Gasteiger partial charge in [0.2, 0.25) is 5.95 Å². The second-order valence-electron chi connectivity index (χ2n) is 7.49. The molecule has 0 saturated heterocycles. The number of imidazole rings is 1. The average molecular weight is 450 g/mol. The summed E-state index contributed by atoms with van der Waals surface area (Å²) in [6.45, 7) is 2.56. The largest absolute Gasteiger partial charge is 0.497 e. The maximum atomic E-state index is 12.1. The zero-order valence-electron chi connectivity index (χ0n) is 18.7. The molecular formula is C23H27N7O3. The minimum atomic E-state index is -0.250. The lowest BCUT2D eigenvalue weighted by atomic mass is 10.2. The van der Waals surface area contributed by atoms with Crippen LogP contribution in [0.2, 0.25) is 0 Å². The van der Waals surface area contributed by atoms with Gasteiger partial charge in [-0.25, -0.2) is 9.97 Å². The molecule has 0 aliphatic heterocycles. The summed E-state index contributed by atoms with van der Waals surface area (Å²) in [6, 6.07) is 9.04. The van der Waals surface area contributed by atoms with Crippen LogP contribution < -0.4 is 20.3 Å². The molecule has 4 aromatic rings. The van der Waals surface area contributed by atoms with Gasteiger partial charge in [0.25, 0.3) is 5.91 Å². The lowest BCUT2D eigenvalue weighted by Crippen LogP contribution is -2.33. The third kappa shape index (κ3) is 5.59. The summed E-state index contributed by atoms with van der Waals surface area (Å²) in [5, 5.41) is 7.17. The second kappa shape index (κ2) is 10.5. The Morgan fingerprint density at radius 2 is 2.15 bits per heavy atom. The number of fused-ring (bicyclic) bond motifs is 1. The molecule has 0 unspecified atom stereocenters. The van der Waals surface area contributed by atoms with E-state index in [2.05, 4.69) is 15.6 Å². The van der Waals surface area contributed by atoms with Crippen molar-refractivity contribution in [1.82, 2.24) is 24.8 Å². The first-order valence-electron chi connectivity index (χ1n) is 10.7. The lowest BCUT2D eigenvalue weighted by molar-refractivity contribution is 0.0927. The number of hydrogen-bond acceptors (Lipinski definition) is 8. The van der Waals surface area contributed by atoms with Crippen molar-refractivity contribution in [3.63, 3.8) is 0 Å². The molecule has 0 fully saturated rings. The number of carbonyl (C=O) groups excluding carboxylic acids is 1. The first-order chi connectivity index (χ1) is 16.1. The maximum Gasteiger partial charge on any atom is 0.287 e. The normalized spacial score (nSPS) is 10.8. The Labute approximate surface area is 191 Å². The minimum Gasteiger partial charge on any atom is -0.497 e. The fourth-order valence-corrected chi connectivity index (χ4v) is 3.35. The van der Waals surface area contributed by atoms with Gasteiger partial charge in [0, 0.05) is 51.0 Å². The Morgan fingerprint density at radius 3 is 2.91 bits per heavy atom. The van der Waals surface area contributed by atoms with Crippen molar-refractivity contribution in [2.24, 2.45) is 0 Å². The van der Waals surface area contributed by atoms with Crippen molar-refractivity contribution in [2.45, 2.75) is 13.0 Å². The van der Waals surface area contributed by atoms with Gasteiger partial charge >= 0.3 is 0 Å². The van der Waals surface area contributed by atoms with Gasteiger partial charge in [-0.2, -0.15) is 4.98 Å². The molecule has 4 rings (SSSR count). The molecule has 0 atom stereocenters. The highest BCUT2D eigenvalue weighted by atomic mass is 16.5. The number of furan rings is 1. The quantitative estimate of drug-likeness (QED) is 0.336. The van der Waals surface area contributed by atoms with E-state index >= 15 is 0 Å². The number of aromatic nitrogens is 4. The smallest absolute Gasteiger partial charge is 0.287 e. The molecule has 10 nitrogen and oxygen atoms in total. The Bertz CT molecular complexity index is 1180. The van der Waals surface area contributed by atoms with Crippen LogP contribution in [0.4, 0.5) is 11.8 Å². The van der Waals surface area contributed by atoms with Crippen molar-refractivity contribution in [3.8, 4) is 5.75 Å². The number of methoxy groups -OCH3 is 1. The minimum absolute atomic E-state index is 0.250. The molecule has 0 saturated carbocycles. The first-order valence-corrected chi connectivity index (χ1v) is 10.7. The van der Waals surface area contributed by atoms with Crippen LogP contribution in [0, 0.1) is 0 Å². The van der Waals surface area contributed by atoms with Gasteiger partial charge in [-0.3, -0.25) is 4.79 Å². The number of amides is 1. The third-order valence-corrected chi connectivity index (χ3v) is 5.15. The van der Waals surface area contributed by atoms with E-state index in [0.717, 1.165) is 42.0 Å². The number of aryl methyl sites for hydroxylation is 1. The molecule has 0 radical (unpaired) electrons. The summed E-state index contributed by atoms with van der Waals surface area (Å²) >= 11 is 0. The fourth-order valence-electron chi connectivity index (χ4n) is 3.35. The SMILES string of the molecule is COc1ccc2nc(N(C)CCNC(=O)c3ccco3)nc(NCCCn3ccnc3)c2c1. The molecule has 10 heteroatoms. The number of nitrogens with zero attached hydrogens (tertiary/aromatic N) is 5. The van der Waals surface area contributed by atoms with Crippen LogP contribution in [-0.4, -0.2) is 59.2 Å². The Morgan fingerprint density at radius 1 is 1.24 bits per heavy atom. The van der Waals surface area contributed by atoms with Gasteiger partial charge in [-0.05, 0) is 36.8 Å². The fraction of sp³-hybridized carbons (Fsp3) is 0.304. The lowest BCUT2D eigenvalue weighted by Gasteiger charge is -2.19. The summed E-state index contributed by atoms with van der Waals surface area (Å²) in [6.07, 6.45) is 7.92. The van der Waals surface area contributed by atoms with E-state index in [4.69, 9.17) is 19.1 Å². The molecule has 0 aliphatic carbocycles. The van der Waals surface area contributed by atoms with Crippen LogP contribution in [0.15, 0.2) is 59.7 Å². The monoisotopic (exact) mass is 449 g/mol. The Kier molecular flexibility index (Phi) is 7.03. The Hall–Kier alpha value is -4.08. The van der Waals surface area contributed by atoms with Gasteiger partial charge < -0.3 is 29.3 Å². The number of hydrogen-bond donors (Lipinski definition) is 2. The summed E-state index contributed by atoms with van der Waals surface area (Å²) in [7, 11) is 3.53. The molecule has 33 heavy (non-hydrogen) atoms. The molecule has 0 aliphatic rings. The van der Waals surface area contributed by atoms with Gasteiger partial charge in [-0.15, -0.1) is 0 Å². The van der Waals surface area contributed by atoms with Crippen molar-refractivity contribution in [3.05, 3.63) is 61.1 Å². The van der Waals surface area contributed by atoms with Crippen molar-refractivity contribution < 1.29 is 13.9 Å². The van der Waals surface area contributed by atoms with E-state index < -0.39 is 0 Å². The average Bonchev–Trinajstić information content (AvgIpc) is 3.55. The van der Waals surface area contributed by atoms with E-state index in [0.29, 0.717) is 19.0 Å². The summed E-state index contributed by atoms with van der Waals surface area (Å²) < 4.78 is 12.5. The summed E-state index contributed by atoms with van der Waals surface area (Å²) in [5.74, 6) is 2.09. The topological polar surface area (TPSA) is 110 Å². The number of likely N-dealkylation sites (N-methyl/N-ethyl adjacent to an activating group) is 1. The van der Waals surface area contributed by atoms with E-state index in [9.17, 15) is 4.79 Å². The summed E-state index contributed by atoms with van der Waals surface area (Å²) in [4.78, 5) is 27.5. The van der Waals surface area contributed by atoms with Crippen LogP contribution >= 0.6 is 0 Å². The number of anilines is 2. The number of rotatable bonds is 11. The summed E-state index contributed by atoms with van der Waals surface area (Å²) in [5.41, 5.74) is 0.810. The van der Waals surface area contributed by atoms with Crippen LogP contribution in [0.3, 0.4) is 0 Å². The third-order valence-electron chi connectivity index (χ3n) is 5.15. The molecule has 3 aromatic heterocycles. The molecule has 1 amide bonds. The second-order valence-corrected chi connectivity index (χ2v) is 7.49. The highest BCUT2D eigenvalue weighted by molar-refractivity contribution is 5.92. The molecular weight excluding hydrogens is 422 g/mol. The predicted octanol–water partition coefficient (Wildman–Crippen LogP) is 2.80. The Balaban J connectivity index is 1.44. The van der Waals surface area contributed by atoms with E-state index in [1.807, 2.05) is 47.2 Å². The van der Waals surface area contributed by atoms with Gasteiger partial charge in [0.1, 0.15) is 11.6 Å². The van der Waals surface area contributed by atoms with Crippen molar-refractivity contribution in [1.29, 1.82) is 0 Å². The predicted molar refractivity (Wildman–Crippen MR) is 126 cm³/mol. The molecule has 0 bridgehead atoms. The van der Waals surface area contributed by atoms with Crippen LogP contribution in [0.25, 0.3) is 10.9 Å². The highest BCUT2D eigenvalue weighted by Gasteiger charge is 2.13. The zero-order chi connectivity index (χ0) is 23.0. The van der Waals surface area contributed by atoms with Gasteiger partial charge in [0.15, 0.2) is 5.76 Å². The van der Waals surface area contributed by atoms with E-state index in [1.165, 1.54) is 6.26 Å². The van der Waals surface area contributed by atoms with Crippen LogP contribution in [0.5, 0.6) is 5.75 Å². The van der Waals surface area contributed by atoms with Crippen molar-refractivity contribution in [2.75, 3.05) is 44.0 Å². The van der Waals surface area contributed by atoms with E-state index in [-0.39, 0.29) is 11.7 Å². The van der Waals surface area contributed by atoms with Crippen molar-refractivity contribution >= 4 is 28.6 Å². The van der Waals surface area contributed by atoms with Crippen LogP contribution in [0.1, 0.15) is 17.0 Å². The van der Waals surface area contributed by atoms with Crippen LogP contribution in [-0.2, 0) is 6.54 Å². The zero-order valence-corrected chi connectivity index (χ0v) is 18.7. The molecule has 2 N–H and O–H groups in total. The molecule has 172 valence electrons. The highest BCUT2D eigenvalue weighted by Crippen LogP contribution is 2.27. The maximum absolute atomic E-state index is 12.1. The molecule has 0 spiro atoms. The van der Waals surface area contributed by atoms with Gasteiger partial charge in [0.05, 0.1) is 25.2 Å². The van der Waals surface area contributed by atoms with E-state index in [1.54, 1.807) is 25.4 Å². The first kappa shape index (κ1) is 22.1. The molecule has 3 heterocycles. The standard InChI is InChI=1S/C23H27N7O3/c1-29(12-10-26-22(31)20-5-3-14-33-20)23-27-19-7-6-17(32-2)15-18(19)21(28-23)25-8-4-11-30-13-9-24-16-30/h3,5-7,9,13-16H,4,8,10-12H2,1-2H3,(H,26,31)(H,25,27,28). The number of nitrogens with one attached hydrogen (secondary N) is 2. The van der Waals surface area contributed by atoms with Gasteiger partial charge in [-0.1, -0.05) is 0 Å².